The Morgan fingerprint density at radius 1 is 1.19 bits per heavy atom. The summed E-state index contributed by atoms with van der Waals surface area (Å²) in [6, 6.07) is 13.6. The van der Waals surface area contributed by atoms with E-state index in [0.29, 0.717) is 12.6 Å². The average molecular weight is 353 g/mol. The number of phenols is 1. The molecule has 1 aromatic heterocycles. The van der Waals surface area contributed by atoms with Crippen LogP contribution in [0.15, 0.2) is 53.7 Å². The highest BCUT2D eigenvalue weighted by molar-refractivity contribution is 5.80. The van der Waals surface area contributed by atoms with Gasteiger partial charge in [-0.15, -0.1) is 0 Å². The minimum Gasteiger partial charge on any atom is -0.508 e. The Morgan fingerprint density at radius 2 is 1.96 bits per heavy atom. The van der Waals surface area contributed by atoms with E-state index in [1.807, 2.05) is 30.5 Å². The predicted molar refractivity (Wildman–Crippen MR) is 106 cm³/mol. The standard InChI is InChI=1S/C20H27N5O/c1-2-21-20(23-15-16-6-8-18(26)9-7-16)24-17-10-13-25(14-11-17)19-5-3-4-12-22-19/h3-9,12,17,26H,2,10-11,13-15H2,1H3,(H2,21,23,24). The summed E-state index contributed by atoms with van der Waals surface area (Å²) in [7, 11) is 0. The topological polar surface area (TPSA) is 72.8 Å². The zero-order chi connectivity index (χ0) is 18.2. The molecule has 6 nitrogen and oxygen atoms in total. The van der Waals surface area contributed by atoms with Gasteiger partial charge in [-0.2, -0.15) is 0 Å². The van der Waals surface area contributed by atoms with Crippen molar-refractivity contribution in [3.8, 4) is 5.75 Å². The maximum Gasteiger partial charge on any atom is 0.191 e. The molecule has 1 fully saturated rings. The largest absolute Gasteiger partial charge is 0.508 e. The van der Waals surface area contributed by atoms with Crippen LogP contribution in [0, 0.1) is 0 Å². The van der Waals surface area contributed by atoms with Crippen molar-refractivity contribution < 1.29 is 5.11 Å². The van der Waals surface area contributed by atoms with E-state index in [4.69, 9.17) is 0 Å². The van der Waals surface area contributed by atoms with Crippen LogP contribution in [-0.2, 0) is 6.54 Å². The van der Waals surface area contributed by atoms with Gasteiger partial charge in [-0.05, 0) is 49.6 Å². The lowest BCUT2D eigenvalue weighted by Gasteiger charge is -2.33. The lowest BCUT2D eigenvalue weighted by Crippen LogP contribution is -2.48. The van der Waals surface area contributed by atoms with E-state index < -0.39 is 0 Å². The minimum absolute atomic E-state index is 0.280. The number of nitrogens with one attached hydrogen (secondary N) is 2. The van der Waals surface area contributed by atoms with Crippen LogP contribution in [-0.4, -0.2) is 41.7 Å². The van der Waals surface area contributed by atoms with E-state index in [-0.39, 0.29) is 5.75 Å². The molecule has 0 saturated carbocycles. The SMILES string of the molecule is CCNC(=NCc1ccc(O)cc1)NC1CCN(c2ccccn2)CC1. The van der Waals surface area contributed by atoms with Gasteiger partial charge < -0.3 is 20.6 Å². The summed E-state index contributed by atoms with van der Waals surface area (Å²) in [5, 5.41) is 16.2. The summed E-state index contributed by atoms with van der Waals surface area (Å²) in [5.74, 6) is 2.18. The highest BCUT2D eigenvalue weighted by Crippen LogP contribution is 2.17. The van der Waals surface area contributed by atoms with Crippen molar-refractivity contribution in [3.05, 3.63) is 54.2 Å². The van der Waals surface area contributed by atoms with Crippen molar-refractivity contribution in [2.75, 3.05) is 24.5 Å². The van der Waals surface area contributed by atoms with Gasteiger partial charge in [0.25, 0.3) is 0 Å². The van der Waals surface area contributed by atoms with Crippen molar-refractivity contribution in [2.24, 2.45) is 4.99 Å². The number of hydrogen-bond donors (Lipinski definition) is 3. The maximum atomic E-state index is 9.37. The predicted octanol–water partition coefficient (Wildman–Crippen LogP) is 2.51. The summed E-state index contributed by atoms with van der Waals surface area (Å²) in [6.07, 6.45) is 3.96. The molecule has 0 bridgehead atoms. The normalized spacial score (nSPS) is 15.7. The van der Waals surface area contributed by atoms with Crippen LogP contribution in [0.2, 0.25) is 0 Å². The zero-order valence-corrected chi connectivity index (χ0v) is 15.2. The van der Waals surface area contributed by atoms with Crippen LogP contribution < -0.4 is 15.5 Å². The van der Waals surface area contributed by atoms with Gasteiger partial charge in [-0.25, -0.2) is 9.98 Å². The number of aromatic hydroxyl groups is 1. The van der Waals surface area contributed by atoms with E-state index in [2.05, 4.69) is 38.5 Å². The molecular weight excluding hydrogens is 326 g/mol. The number of hydrogen-bond acceptors (Lipinski definition) is 4. The number of phenolic OH excluding ortho intramolecular Hbond substituents is 1. The Hall–Kier alpha value is -2.76. The fraction of sp³-hybridized carbons (Fsp3) is 0.400. The van der Waals surface area contributed by atoms with Gasteiger partial charge in [0.15, 0.2) is 5.96 Å². The van der Waals surface area contributed by atoms with Crippen molar-refractivity contribution in [3.63, 3.8) is 0 Å². The third kappa shape index (κ3) is 5.12. The van der Waals surface area contributed by atoms with Crippen molar-refractivity contribution >= 4 is 11.8 Å². The molecule has 0 atom stereocenters. The number of pyridine rings is 1. The maximum absolute atomic E-state index is 9.37. The molecule has 2 heterocycles. The molecule has 1 aliphatic rings. The number of aromatic nitrogens is 1. The Balaban J connectivity index is 1.53. The second-order valence-corrected chi connectivity index (χ2v) is 6.46. The monoisotopic (exact) mass is 353 g/mol. The number of aliphatic imine (C=N–C) groups is 1. The molecule has 0 unspecified atom stereocenters. The van der Waals surface area contributed by atoms with Gasteiger partial charge in [0.2, 0.25) is 0 Å². The average Bonchev–Trinajstić information content (AvgIpc) is 2.69. The van der Waals surface area contributed by atoms with Crippen LogP contribution >= 0.6 is 0 Å². The van der Waals surface area contributed by atoms with Gasteiger partial charge in [0.05, 0.1) is 6.54 Å². The van der Waals surface area contributed by atoms with Crippen molar-refractivity contribution in [1.29, 1.82) is 0 Å². The smallest absolute Gasteiger partial charge is 0.191 e. The minimum atomic E-state index is 0.280. The first-order valence-corrected chi connectivity index (χ1v) is 9.23. The lowest BCUT2D eigenvalue weighted by molar-refractivity contribution is 0.459. The molecule has 6 heteroatoms. The van der Waals surface area contributed by atoms with Crippen LogP contribution in [0.4, 0.5) is 5.82 Å². The summed E-state index contributed by atoms with van der Waals surface area (Å²) in [4.78, 5) is 11.4. The Bertz CT molecular complexity index is 694. The lowest BCUT2D eigenvalue weighted by atomic mass is 10.1. The molecule has 1 saturated heterocycles. The summed E-state index contributed by atoms with van der Waals surface area (Å²) in [5.41, 5.74) is 1.07. The molecule has 1 aliphatic heterocycles. The quantitative estimate of drug-likeness (QED) is 0.569. The molecule has 1 aromatic carbocycles. The molecule has 2 aromatic rings. The third-order valence-electron chi connectivity index (χ3n) is 4.51. The molecule has 3 N–H and O–H groups in total. The Morgan fingerprint density at radius 3 is 2.62 bits per heavy atom. The number of guanidine groups is 1. The molecule has 0 radical (unpaired) electrons. The van der Waals surface area contributed by atoms with E-state index in [1.54, 1.807) is 12.1 Å². The summed E-state index contributed by atoms with van der Waals surface area (Å²) in [6.45, 7) is 5.47. The van der Waals surface area contributed by atoms with E-state index >= 15 is 0 Å². The Labute approximate surface area is 155 Å². The number of rotatable bonds is 5. The molecule has 0 amide bonds. The fourth-order valence-electron chi connectivity index (χ4n) is 3.08. The van der Waals surface area contributed by atoms with Crippen LogP contribution in [0.5, 0.6) is 5.75 Å². The van der Waals surface area contributed by atoms with Crippen molar-refractivity contribution in [1.82, 2.24) is 15.6 Å². The van der Waals surface area contributed by atoms with Crippen molar-refractivity contribution in [2.45, 2.75) is 32.4 Å². The summed E-state index contributed by atoms with van der Waals surface area (Å²) >= 11 is 0. The number of piperidine rings is 1. The molecule has 26 heavy (non-hydrogen) atoms. The summed E-state index contributed by atoms with van der Waals surface area (Å²) < 4.78 is 0. The first-order valence-electron chi connectivity index (χ1n) is 9.23. The van der Waals surface area contributed by atoms with E-state index in [1.165, 1.54) is 0 Å². The second-order valence-electron chi connectivity index (χ2n) is 6.46. The second kappa shape index (κ2) is 9.08. The zero-order valence-electron chi connectivity index (χ0n) is 15.2. The van der Waals surface area contributed by atoms with Crippen LogP contribution in [0.1, 0.15) is 25.3 Å². The number of nitrogens with zero attached hydrogens (tertiary/aromatic N) is 3. The third-order valence-corrected chi connectivity index (χ3v) is 4.51. The van der Waals surface area contributed by atoms with E-state index in [0.717, 1.165) is 49.8 Å². The number of benzene rings is 1. The number of anilines is 1. The highest BCUT2D eigenvalue weighted by Gasteiger charge is 2.20. The van der Waals surface area contributed by atoms with Gasteiger partial charge in [0.1, 0.15) is 11.6 Å². The van der Waals surface area contributed by atoms with Gasteiger partial charge in [-0.1, -0.05) is 18.2 Å². The molecular formula is C20H27N5O. The van der Waals surface area contributed by atoms with Gasteiger partial charge >= 0.3 is 0 Å². The Kier molecular flexibility index (Phi) is 6.30. The molecule has 0 aliphatic carbocycles. The molecule has 138 valence electrons. The van der Waals surface area contributed by atoms with Crippen LogP contribution in [0.25, 0.3) is 0 Å². The molecule has 3 rings (SSSR count). The first kappa shape index (κ1) is 18.0. The first-order chi connectivity index (χ1) is 12.7. The highest BCUT2D eigenvalue weighted by atomic mass is 16.3. The van der Waals surface area contributed by atoms with Gasteiger partial charge in [0, 0.05) is 31.9 Å². The van der Waals surface area contributed by atoms with Crippen LogP contribution in [0.3, 0.4) is 0 Å². The molecule has 0 spiro atoms. The van der Waals surface area contributed by atoms with E-state index in [9.17, 15) is 5.11 Å². The van der Waals surface area contributed by atoms with Gasteiger partial charge in [-0.3, -0.25) is 0 Å². The fourth-order valence-corrected chi connectivity index (χ4v) is 3.08.